The Bertz CT molecular complexity index is 766. The maximum absolute atomic E-state index is 12.8. The lowest BCUT2D eigenvalue weighted by atomic mass is 10.1. The van der Waals surface area contributed by atoms with E-state index in [0.29, 0.717) is 5.92 Å². The van der Waals surface area contributed by atoms with Crippen molar-refractivity contribution < 1.29 is 14.7 Å². The zero-order valence-electron chi connectivity index (χ0n) is 15.9. The van der Waals surface area contributed by atoms with Gasteiger partial charge in [-0.3, -0.25) is 14.3 Å². The molecule has 0 fully saturated rings. The third kappa shape index (κ3) is 5.18. The van der Waals surface area contributed by atoms with E-state index in [1.165, 1.54) is 4.90 Å². The summed E-state index contributed by atoms with van der Waals surface area (Å²) in [4.78, 5) is 25.4. The SMILES string of the molecule is Cc1nn(CC(C)C)c(C)c1CC(=O)N(CC(=O)O)Cc1ccccc1. The van der Waals surface area contributed by atoms with Gasteiger partial charge in [0.05, 0.1) is 12.1 Å². The van der Waals surface area contributed by atoms with Crippen LogP contribution < -0.4 is 0 Å². The molecule has 0 bridgehead atoms. The molecule has 0 atom stereocenters. The molecule has 0 spiro atoms. The molecule has 140 valence electrons. The van der Waals surface area contributed by atoms with Crippen molar-refractivity contribution >= 4 is 11.9 Å². The minimum absolute atomic E-state index is 0.163. The van der Waals surface area contributed by atoms with Crippen molar-refractivity contribution in [1.82, 2.24) is 14.7 Å². The number of benzene rings is 1. The number of rotatable bonds is 8. The maximum atomic E-state index is 12.8. The molecular weight excluding hydrogens is 330 g/mol. The summed E-state index contributed by atoms with van der Waals surface area (Å²) < 4.78 is 1.93. The number of aliphatic carboxylic acids is 1. The number of aryl methyl sites for hydroxylation is 1. The van der Waals surface area contributed by atoms with Crippen LogP contribution in [0.3, 0.4) is 0 Å². The van der Waals surface area contributed by atoms with Crippen molar-refractivity contribution in [2.45, 2.75) is 47.2 Å². The number of hydrogen-bond acceptors (Lipinski definition) is 3. The van der Waals surface area contributed by atoms with Crippen LogP contribution in [0, 0.1) is 19.8 Å². The smallest absolute Gasteiger partial charge is 0.323 e. The van der Waals surface area contributed by atoms with E-state index in [1.54, 1.807) is 0 Å². The average molecular weight is 357 g/mol. The van der Waals surface area contributed by atoms with Crippen LogP contribution in [0.25, 0.3) is 0 Å². The molecule has 0 saturated heterocycles. The first-order chi connectivity index (χ1) is 12.3. The average Bonchev–Trinajstić information content (AvgIpc) is 2.81. The fourth-order valence-corrected chi connectivity index (χ4v) is 2.98. The molecule has 0 aliphatic heterocycles. The molecule has 1 heterocycles. The molecule has 0 unspecified atom stereocenters. The van der Waals surface area contributed by atoms with Gasteiger partial charge in [0.2, 0.25) is 5.91 Å². The van der Waals surface area contributed by atoms with E-state index < -0.39 is 5.97 Å². The second-order valence-electron chi connectivity index (χ2n) is 7.03. The van der Waals surface area contributed by atoms with Gasteiger partial charge in [-0.2, -0.15) is 5.10 Å². The third-order valence-corrected chi connectivity index (χ3v) is 4.29. The van der Waals surface area contributed by atoms with E-state index in [4.69, 9.17) is 0 Å². The Balaban J connectivity index is 2.18. The lowest BCUT2D eigenvalue weighted by molar-refractivity contribution is -0.144. The van der Waals surface area contributed by atoms with Crippen LogP contribution in [-0.2, 0) is 29.1 Å². The molecule has 0 saturated carbocycles. The number of carboxylic acids is 1. The predicted octanol–water partition coefficient (Wildman–Crippen LogP) is 2.81. The first-order valence-electron chi connectivity index (χ1n) is 8.84. The summed E-state index contributed by atoms with van der Waals surface area (Å²) in [5.74, 6) is -0.761. The summed E-state index contributed by atoms with van der Waals surface area (Å²) in [5, 5.41) is 13.7. The number of nitrogens with zero attached hydrogens (tertiary/aromatic N) is 3. The van der Waals surface area contributed by atoms with Crippen molar-refractivity contribution in [2.75, 3.05) is 6.54 Å². The molecule has 0 aliphatic carbocycles. The second kappa shape index (κ2) is 8.65. The van der Waals surface area contributed by atoms with Gasteiger partial charge >= 0.3 is 5.97 Å². The molecule has 0 radical (unpaired) electrons. The van der Waals surface area contributed by atoms with Gasteiger partial charge in [-0.25, -0.2) is 0 Å². The summed E-state index contributed by atoms with van der Waals surface area (Å²) in [5.41, 5.74) is 3.59. The summed E-state index contributed by atoms with van der Waals surface area (Å²) in [6.07, 6.45) is 0.163. The molecule has 26 heavy (non-hydrogen) atoms. The van der Waals surface area contributed by atoms with Crippen LogP contribution in [0.5, 0.6) is 0 Å². The molecule has 6 heteroatoms. The third-order valence-electron chi connectivity index (χ3n) is 4.29. The van der Waals surface area contributed by atoms with Gasteiger partial charge in [-0.15, -0.1) is 0 Å². The summed E-state index contributed by atoms with van der Waals surface area (Å²) in [7, 11) is 0. The van der Waals surface area contributed by atoms with Crippen LogP contribution in [0.1, 0.15) is 36.4 Å². The van der Waals surface area contributed by atoms with Gasteiger partial charge in [-0.05, 0) is 25.3 Å². The van der Waals surface area contributed by atoms with Gasteiger partial charge in [0.1, 0.15) is 6.54 Å². The van der Waals surface area contributed by atoms with E-state index in [-0.39, 0.29) is 25.4 Å². The standard InChI is InChI=1S/C20H27N3O3/c1-14(2)11-23-16(4)18(15(3)21-23)10-19(24)22(13-20(25)26)12-17-8-6-5-7-9-17/h5-9,14H,10-13H2,1-4H3,(H,25,26). The first kappa shape index (κ1) is 19.7. The number of carboxylic acid groups (broad SMARTS) is 1. The van der Waals surface area contributed by atoms with Crippen molar-refractivity contribution in [3.63, 3.8) is 0 Å². The molecule has 1 aromatic carbocycles. The highest BCUT2D eigenvalue weighted by molar-refractivity contribution is 5.83. The highest BCUT2D eigenvalue weighted by Crippen LogP contribution is 2.17. The minimum atomic E-state index is -1.02. The van der Waals surface area contributed by atoms with E-state index in [1.807, 2.05) is 48.9 Å². The molecule has 2 rings (SSSR count). The van der Waals surface area contributed by atoms with E-state index in [2.05, 4.69) is 18.9 Å². The minimum Gasteiger partial charge on any atom is -0.480 e. The summed E-state index contributed by atoms with van der Waals surface area (Å²) in [6, 6.07) is 9.42. The first-order valence-corrected chi connectivity index (χ1v) is 8.84. The van der Waals surface area contributed by atoms with Gasteiger partial charge < -0.3 is 10.0 Å². The van der Waals surface area contributed by atoms with Gasteiger partial charge in [0.15, 0.2) is 0 Å². The van der Waals surface area contributed by atoms with Crippen molar-refractivity contribution in [3.05, 3.63) is 52.8 Å². The number of aromatic nitrogens is 2. The Labute approximate surface area is 154 Å². The molecule has 1 N–H and O–H groups in total. The van der Waals surface area contributed by atoms with Crippen LogP contribution in [-0.4, -0.2) is 38.2 Å². The summed E-state index contributed by atoms with van der Waals surface area (Å²) in [6.45, 7) is 8.86. The molecule has 6 nitrogen and oxygen atoms in total. The molecule has 1 aromatic heterocycles. The van der Waals surface area contributed by atoms with Crippen molar-refractivity contribution in [3.8, 4) is 0 Å². The molecular formula is C20H27N3O3. The largest absolute Gasteiger partial charge is 0.480 e. The quantitative estimate of drug-likeness (QED) is 0.788. The van der Waals surface area contributed by atoms with Crippen LogP contribution in [0.15, 0.2) is 30.3 Å². The van der Waals surface area contributed by atoms with Crippen LogP contribution in [0.4, 0.5) is 0 Å². The number of amides is 1. The second-order valence-corrected chi connectivity index (χ2v) is 7.03. The fraction of sp³-hybridized carbons (Fsp3) is 0.450. The van der Waals surface area contributed by atoms with Gasteiger partial charge in [0, 0.05) is 24.3 Å². The number of carbonyl (C=O) groups excluding carboxylic acids is 1. The Hall–Kier alpha value is -2.63. The normalized spacial score (nSPS) is 11.0. The van der Waals surface area contributed by atoms with Crippen LogP contribution in [0.2, 0.25) is 0 Å². The highest BCUT2D eigenvalue weighted by Gasteiger charge is 2.21. The monoisotopic (exact) mass is 357 g/mol. The van der Waals surface area contributed by atoms with E-state index >= 15 is 0 Å². The van der Waals surface area contributed by atoms with E-state index in [9.17, 15) is 14.7 Å². The lowest BCUT2D eigenvalue weighted by Crippen LogP contribution is -2.36. The maximum Gasteiger partial charge on any atom is 0.323 e. The Morgan fingerprint density at radius 1 is 1.19 bits per heavy atom. The van der Waals surface area contributed by atoms with Crippen molar-refractivity contribution in [2.24, 2.45) is 5.92 Å². The highest BCUT2D eigenvalue weighted by atomic mass is 16.4. The van der Waals surface area contributed by atoms with Gasteiger partial charge in [0.25, 0.3) is 0 Å². The van der Waals surface area contributed by atoms with E-state index in [0.717, 1.165) is 29.1 Å². The Kier molecular flexibility index (Phi) is 6.55. The molecule has 0 aliphatic rings. The predicted molar refractivity (Wildman–Crippen MR) is 99.7 cm³/mol. The van der Waals surface area contributed by atoms with Crippen LogP contribution >= 0.6 is 0 Å². The lowest BCUT2D eigenvalue weighted by Gasteiger charge is -2.21. The topological polar surface area (TPSA) is 75.4 Å². The van der Waals surface area contributed by atoms with Crippen molar-refractivity contribution in [1.29, 1.82) is 0 Å². The number of carbonyl (C=O) groups is 2. The zero-order valence-corrected chi connectivity index (χ0v) is 15.9. The zero-order chi connectivity index (χ0) is 19.3. The fourth-order valence-electron chi connectivity index (χ4n) is 2.98. The van der Waals surface area contributed by atoms with Gasteiger partial charge in [-0.1, -0.05) is 44.2 Å². The molecule has 1 amide bonds. The number of hydrogen-bond donors (Lipinski definition) is 1. The summed E-state index contributed by atoms with van der Waals surface area (Å²) >= 11 is 0. The molecule has 2 aromatic rings. The Morgan fingerprint density at radius 2 is 1.85 bits per heavy atom. The Morgan fingerprint density at radius 3 is 2.42 bits per heavy atom.